The number of primary amides is 1. The van der Waals surface area contributed by atoms with Gasteiger partial charge in [-0.15, -0.1) is 0 Å². The summed E-state index contributed by atoms with van der Waals surface area (Å²) >= 11 is 0. The Balaban J connectivity index is 2.40. The molecule has 16 heavy (non-hydrogen) atoms. The normalized spacial score (nSPS) is 10.3. The van der Waals surface area contributed by atoms with E-state index in [9.17, 15) is 4.79 Å². The maximum absolute atomic E-state index is 10.7. The van der Waals surface area contributed by atoms with E-state index in [1.165, 1.54) is 0 Å². The van der Waals surface area contributed by atoms with Gasteiger partial charge in [-0.25, -0.2) is 5.84 Å². The average molecular weight is 222 g/mol. The number of H-pyrrole nitrogens is 1. The zero-order chi connectivity index (χ0) is 11.5. The molecule has 84 valence electrons. The molecule has 9 heteroatoms. The van der Waals surface area contributed by atoms with E-state index >= 15 is 0 Å². The molecule has 0 radical (unpaired) electrons. The first-order valence-corrected chi connectivity index (χ1v) is 4.40. The van der Waals surface area contributed by atoms with Crippen molar-refractivity contribution < 1.29 is 4.79 Å². The van der Waals surface area contributed by atoms with E-state index in [2.05, 4.69) is 30.9 Å². The number of aromatic amines is 1. The maximum atomic E-state index is 10.7. The van der Waals surface area contributed by atoms with Gasteiger partial charge in [-0.3, -0.25) is 15.3 Å². The summed E-state index contributed by atoms with van der Waals surface area (Å²) in [6, 6.07) is 0. The fraction of sp³-hybridized carbons (Fsp3) is 0.143. The Morgan fingerprint density at radius 3 is 3.00 bits per heavy atom. The van der Waals surface area contributed by atoms with Crippen LogP contribution in [-0.4, -0.2) is 32.6 Å². The van der Waals surface area contributed by atoms with Crippen molar-refractivity contribution in [1.29, 1.82) is 0 Å². The van der Waals surface area contributed by atoms with Crippen LogP contribution >= 0.6 is 0 Å². The largest absolute Gasteiger partial charge is 0.368 e. The van der Waals surface area contributed by atoms with Crippen molar-refractivity contribution in [3.05, 3.63) is 6.20 Å². The fourth-order valence-electron chi connectivity index (χ4n) is 1.21. The van der Waals surface area contributed by atoms with E-state index in [-0.39, 0.29) is 12.5 Å². The molecular formula is C7H10N8O. The zero-order valence-electron chi connectivity index (χ0n) is 8.19. The summed E-state index contributed by atoms with van der Waals surface area (Å²) in [6.45, 7) is -0.0265. The van der Waals surface area contributed by atoms with Gasteiger partial charge in [0.25, 0.3) is 0 Å². The Kier molecular flexibility index (Phi) is 2.52. The van der Waals surface area contributed by atoms with Crippen LogP contribution in [0.15, 0.2) is 6.20 Å². The number of carbonyl (C=O) groups is 1. The Hall–Kier alpha value is -2.42. The molecule has 0 aliphatic carbocycles. The summed E-state index contributed by atoms with van der Waals surface area (Å²) in [6.07, 6.45) is 1.54. The van der Waals surface area contributed by atoms with Crippen LogP contribution in [0.25, 0.3) is 11.0 Å². The van der Waals surface area contributed by atoms with Gasteiger partial charge in [-0.1, -0.05) is 0 Å². The van der Waals surface area contributed by atoms with Gasteiger partial charge < -0.3 is 11.1 Å². The first-order chi connectivity index (χ1) is 7.70. The molecule has 7 N–H and O–H groups in total. The SMILES string of the molecule is NNc1nc(NCC(N)=O)c2cn[nH]c2n1. The first-order valence-electron chi connectivity index (χ1n) is 4.40. The highest BCUT2D eigenvalue weighted by molar-refractivity contribution is 5.89. The number of hydrogen-bond acceptors (Lipinski definition) is 7. The lowest BCUT2D eigenvalue weighted by atomic mass is 10.4. The van der Waals surface area contributed by atoms with Crippen LogP contribution in [-0.2, 0) is 4.79 Å². The number of nitrogens with two attached hydrogens (primary N) is 2. The summed E-state index contributed by atoms with van der Waals surface area (Å²) in [5, 5.41) is 9.90. The van der Waals surface area contributed by atoms with Crippen LogP contribution in [0.1, 0.15) is 0 Å². The molecular weight excluding hydrogens is 212 g/mol. The quantitative estimate of drug-likeness (QED) is 0.313. The Labute approximate surface area is 89.6 Å². The van der Waals surface area contributed by atoms with Crippen molar-refractivity contribution in [1.82, 2.24) is 20.2 Å². The topological polar surface area (TPSA) is 148 Å². The first kappa shape index (κ1) is 10.1. The Morgan fingerprint density at radius 2 is 2.31 bits per heavy atom. The van der Waals surface area contributed by atoms with Crippen molar-refractivity contribution in [2.45, 2.75) is 0 Å². The number of anilines is 2. The molecule has 0 spiro atoms. The third-order valence-corrected chi connectivity index (χ3v) is 1.87. The van der Waals surface area contributed by atoms with Crippen molar-refractivity contribution in [3.63, 3.8) is 0 Å². The van der Waals surface area contributed by atoms with E-state index < -0.39 is 5.91 Å². The Morgan fingerprint density at radius 1 is 1.50 bits per heavy atom. The van der Waals surface area contributed by atoms with Gasteiger partial charge in [-0.05, 0) is 0 Å². The van der Waals surface area contributed by atoms with Gasteiger partial charge in [0.2, 0.25) is 11.9 Å². The van der Waals surface area contributed by atoms with Gasteiger partial charge in [0.05, 0.1) is 18.1 Å². The molecule has 0 saturated heterocycles. The summed E-state index contributed by atoms with van der Waals surface area (Å²) < 4.78 is 0. The van der Waals surface area contributed by atoms with Crippen LogP contribution in [0, 0.1) is 0 Å². The lowest BCUT2D eigenvalue weighted by molar-refractivity contribution is -0.116. The molecule has 0 aliphatic rings. The van der Waals surface area contributed by atoms with Gasteiger partial charge in [0.1, 0.15) is 5.82 Å². The maximum Gasteiger partial charge on any atom is 0.241 e. The van der Waals surface area contributed by atoms with Gasteiger partial charge in [0.15, 0.2) is 5.65 Å². The summed E-state index contributed by atoms with van der Waals surface area (Å²) in [5.41, 5.74) is 7.84. The molecule has 2 rings (SSSR count). The minimum absolute atomic E-state index is 0.0265. The second kappa shape index (κ2) is 3.98. The van der Waals surface area contributed by atoms with Gasteiger partial charge in [-0.2, -0.15) is 15.1 Å². The zero-order valence-corrected chi connectivity index (χ0v) is 8.19. The molecule has 0 saturated carbocycles. The highest BCUT2D eigenvalue weighted by Gasteiger charge is 2.08. The number of hydrogen-bond donors (Lipinski definition) is 5. The monoisotopic (exact) mass is 222 g/mol. The number of carbonyl (C=O) groups excluding carboxylic acids is 1. The second-order valence-corrected chi connectivity index (χ2v) is 2.99. The molecule has 1 amide bonds. The molecule has 0 fully saturated rings. The summed E-state index contributed by atoms with van der Waals surface area (Å²) in [4.78, 5) is 18.7. The number of nitrogens with zero attached hydrogens (tertiary/aromatic N) is 3. The van der Waals surface area contributed by atoms with Crippen molar-refractivity contribution in [2.75, 3.05) is 17.3 Å². The van der Waals surface area contributed by atoms with E-state index in [1.807, 2.05) is 0 Å². The molecule has 0 aromatic carbocycles. The third-order valence-electron chi connectivity index (χ3n) is 1.87. The predicted octanol–water partition coefficient (Wildman–Crippen LogP) is -1.46. The molecule has 2 heterocycles. The third kappa shape index (κ3) is 1.83. The van der Waals surface area contributed by atoms with Crippen LogP contribution < -0.4 is 22.3 Å². The molecule has 9 nitrogen and oxygen atoms in total. The average Bonchev–Trinajstić information content (AvgIpc) is 2.73. The second-order valence-electron chi connectivity index (χ2n) is 2.99. The molecule has 0 atom stereocenters. The van der Waals surface area contributed by atoms with Crippen molar-refractivity contribution >= 4 is 28.7 Å². The minimum Gasteiger partial charge on any atom is -0.368 e. The lowest BCUT2D eigenvalue weighted by Gasteiger charge is -2.05. The number of rotatable bonds is 4. The van der Waals surface area contributed by atoms with Crippen LogP contribution in [0.4, 0.5) is 11.8 Å². The smallest absolute Gasteiger partial charge is 0.241 e. The molecule has 0 unspecified atom stereocenters. The molecule has 0 aliphatic heterocycles. The van der Waals surface area contributed by atoms with E-state index in [4.69, 9.17) is 11.6 Å². The van der Waals surface area contributed by atoms with Gasteiger partial charge in [0, 0.05) is 0 Å². The number of aromatic nitrogens is 4. The van der Waals surface area contributed by atoms with E-state index in [1.54, 1.807) is 6.20 Å². The summed E-state index contributed by atoms with van der Waals surface area (Å²) in [7, 11) is 0. The highest BCUT2D eigenvalue weighted by atomic mass is 16.1. The molecule has 0 bridgehead atoms. The van der Waals surface area contributed by atoms with Crippen LogP contribution in [0.5, 0.6) is 0 Å². The van der Waals surface area contributed by atoms with Gasteiger partial charge >= 0.3 is 0 Å². The lowest BCUT2D eigenvalue weighted by Crippen LogP contribution is -2.22. The number of fused-ring (bicyclic) bond motifs is 1. The standard InChI is InChI=1S/C7H10N8O/c8-4(16)2-10-5-3-1-11-15-6(3)13-7(12-5)14-9/h1H,2,9H2,(H2,8,16)(H3,10,11,12,13,14,15). The van der Waals surface area contributed by atoms with Crippen LogP contribution in [0.2, 0.25) is 0 Å². The minimum atomic E-state index is -0.488. The molecule has 2 aromatic rings. The number of nitrogen functional groups attached to an aromatic ring is 1. The summed E-state index contributed by atoms with van der Waals surface area (Å²) in [5.74, 6) is 5.36. The highest BCUT2D eigenvalue weighted by Crippen LogP contribution is 2.18. The predicted molar refractivity (Wildman–Crippen MR) is 57.2 cm³/mol. The van der Waals surface area contributed by atoms with Crippen molar-refractivity contribution in [2.24, 2.45) is 11.6 Å². The van der Waals surface area contributed by atoms with Crippen LogP contribution in [0.3, 0.4) is 0 Å². The number of nitrogens with one attached hydrogen (secondary N) is 3. The Bertz CT molecular complexity index is 520. The number of amides is 1. The van der Waals surface area contributed by atoms with E-state index in [0.29, 0.717) is 16.9 Å². The van der Waals surface area contributed by atoms with E-state index in [0.717, 1.165) is 0 Å². The van der Waals surface area contributed by atoms with Crippen molar-refractivity contribution in [3.8, 4) is 0 Å². The fourth-order valence-corrected chi connectivity index (χ4v) is 1.21. The molecule has 2 aromatic heterocycles. The number of hydrazine groups is 1.